The molecule has 1 aromatic carbocycles. The molecule has 2 N–H and O–H groups in total. The number of carbonyl (C=O) groups excluding carboxylic acids is 2. The van der Waals surface area contributed by atoms with Gasteiger partial charge in [-0.1, -0.05) is 36.8 Å². The molecule has 1 aliphatic heterocycles. The number of carbonyl (C=O) groups is 2. The first-order chi connectivity index (χ1) is 11.7. The molecule has 0 unspecified atom stereocenters. The fraction of sp³-hybridized carbons (Fsp3) is 0.579. The zero-order chi connectivity index (χ0) is 16.9. The summed E-state index contributed by atoms with van der Waals surface area (Å²) in [5, 5.41) is 6.43. The van der Waals surface area contributed by atoms with Gasteiger partial charge in [-0.3, -0.25) is 4.79 Å². The second-order valence-corrected chi connectivity index (χ2v) is 6.84. The molecule has 1 saturated carbocycles. The molecule has 1 amide bonds. The standard InChI is InChI=1S/C19H26N2O3.ClH/c1-24-19(23)16(12-13-6-3-2-4-7-13)21-18(22)17-14-8-5-9-15(17)20-11-10-14;/h2-4,6-7,14-17,20H,5,8-12H2,1H3,(H,21,22);1H/t14-,15-,16+,17-;/m1./s1. The Kier molecular flexibility index (Phi) is 7.26. The Labute approximate surface area is 155 Å². The topological polar surface area (TPSA) is 67.4 Å². The van der Waals surface area contributed by atoms with Gasteiger partial charge in [0.1, 0.15) is 6.04 Å². The predicted octanol–water partition coefficient (Wildman–Crippen LogP) is 2.09. The number of ether oxygens (including phenoxy) is 1. The van der Waals surface area contributed by atoms with Crippen molar-refractivity contribution in [1.29, 1.82) is 0 Å². The van der Waals surface area contributed by atoms with E-state index in [9.17, 15) is 9.59 Å². The van der Waals surface area contributed by atoms with Crippen LogP contribution in [-0.4, -0.2) is 37.6 Å². The van der Waals surface area contributed by atoms with Gasteiger partial charge in [0.05, 0.1) is 13.0 Å². The van der Waals surface area contributed by atoms with Gasteiger partial charge in [0.25, 0.3) is 0 Å². The van der Waals surface area contributed by atoms with Gasteiger partial charge in [-0.05, 0) is 37.3 Å². The van der Waals surface area contributed by atoms with Crippen molar-refractivity contribution in [3.8, 4) is 0 Å². The van der Waals surface area contributed by atoms with E-state index in [0.29, 0.717) is 12.3 Å². The molecule has 3 rings (SSSR count). The Hall–Kier alpha value is -1.59. The summed E-state index contributed by atoms with van der Waals surface area (Å²) in [7, 11) is 1.36. The van der Waals surface area contributed by atoms with E-state index in [1.165, 1.54) is 13.5 Å². The number of benzene rings is 1. The fourth-order valence-electron chi connectivity index (χ4n) is 4.14. The summed E-state index contributed by atoms with van der Waals surface area (Å²) in [6.45, 7) is 0.990. The van der Waals surface area contributed by atoms with Crippen LogP contribution in [0.2, 0.25) is 0 Å². The van der Waals surface area contributed by atoms with Crippen LogP contribution in [0.4, 0.5) is 0 Å². The van der Waals surface area contributed by atoms with Crippen LogP contribution in [0.15, 0.2) is 30.3 Å². The quantitative estimate of drug-likeness (QED) is 0.783. The summed E-state index contributed by atoms with van der Waals surface area (Å²) < 4.78 is 4.90. The van der Waals surface area contributed by atoms with Crippen LogP contribution < -0.4 is 10.6 Å². The van der Waals surface area contributed by atoms with E-state index in [4.69, 9.17) is 4.74 Å². The van der Waals surface area contributed by atoms with Crippen molar-refractivity contribution in [3.63, 3.8) is 0 Å². The number of nitrogens with one attached hydrogen (secondary N) is 2. The van der Waals surface area contributed by atoms with E-state index in [1.54, 1.807) is 0 Å². The lowest BCUT2D eigenvalue weighted by Gasteiger charge is -2.42. The lowest BCUT2D eigenvalue weighted by atomic mass is 9.71. The molecule has 138 valence electrons. The molecule has 0 spiro atoms. The van der Waals surface area contributed by atoms with Crippen LogP contribution in [0.25, 0.3) is 0 Å². The Bertz CT molecular complexity index is 559. The highest BCUT2D eigenvalue weighted by atomic mass is 35.5. The Morgan fingerprint density at radius 3 is 2.68 bits per heavy atom. The largest absolute Gasteiger partial charge is 0.467 e. The van der Waals surface area contributed by atoms with Crippen molar-refractivity contribution >= 4 is 24.3 Å². The number of piperidine rings is 1. The molecule has 1 aliphatic carbocycles. The van der Waals surface area contributed by atoms with Gasteiger partial charge in [-0.25, -0.2) is 4.79 Å². The maximum atomic E-state index is 12.9. The van der Waals surface area contributed by atoms with Crippen molar-refractivity contribution < 1.29 is 14.3 Å². The van der Waals surface area contributed by atoms with Gasteiger partial charge < -0.3 is 15.4 Å². The molecule has 4 atom stereocenters. The predicted molar refractivity (Wildman–Crippen MR) is 98.6 cm³/mol. The van der Waals surface area contributed by atoms with Crippen molar-refractivity contribution in [1.82, 2.24) is 10.6 Å². The number of hydrogen-bond acceptors (Lipinski definition) is 4. The van der Waals surface area contributed by atoms with Crippen LogP contribution in [0.5, 0.6) is 0 Å². The average molecular weight is 367 g/mol. The van der Waals surface area contributed by atoms with Crippen molar-refractivity contribution in [2.24, 2.45) is 11.8 Å². The van der Waals surface area contributed by atoms with Crippen molar-refractivity contribution in [2.75, 3.05) is 13.7 Å². The molecule has 0 radical (unpaired) electrons. The van der Waals surface area contributed by atoms with Crippen LogP contribution >= 0.6 is 12.4 Å². The molecule has 5 nitrogen and oxygen atoms in total. The summed E-state index contributed by atoms with van der Waals surface area (Å²) in [6, 6.07) is 9.32. The highest BCUT2D eigenvalue weighted by molar-refractivity contribution is 5.86. The van der Waals surface area contributed by atoms with E-state index in [-0.39, 0.29) is 36.2 Å². The third kappa shape index (κ3) is 4.73. The Morgan fingerprint density at radius 2 is 2.00 bits per heavy atom. The zero-order valence-electron chi connectivity index (χ0n) is 14.6. The second-order valence-electron chi connectivity index (χ2n) is 6.84. The molecule has 2 bridgehead atoms. The fourth-order valence-corrected chi connectivity index (χ4v) is 4.14. The SMILES string of the molecule is COC(=O)[C@H](Cc1ccccc1)NC(=O)[C@@H]1[C@@H]2CCC[C@H]1NCC2.Cl. The first-order valence-corrected chi connectivity index (χ1v) is 8.84. The maximum absolute atomic E-state index is 12.9. The number of esters is 1. The van der Waals surface area contributed by atoms with Crippen LogP contribution in [0.3, 0.4) is 0 Å². The van der Waals surface area contributed by atoms with Gasteiger partial charge in [-0.2, -0.15) is 0 Å². The molecule has 0 aromatic heterocycles. The number of hydrogen-bond donors (Lipinski definition) is 2. The van der Waals surface area contributed by atoms with E-state index in [2.05, 4.69) is 10.6 Å². The summed E-state index contributed by atoms with van der Waals surface area (Å²) >= 11 is 0. The highest BCUT2D eigenvalue weighted by Crippen LogP contribution is 2.35. The number of fused-ring (bicyclic) bond motifs is 2. The summed E-state index contributed by atoms with van der Waals surface area (Å²) in [4.78, 5) is 25.0. The number of halogens is 1. The molecule has 2 fully saturated rings. The molecule has 1 heterocycles. The zero-order valence-corrected chi connectivity index (χ0v) is 15.4. The maximum Gasteiger partial charge on any atom is 0.328 e. The first-order valence-electron chi connectivity index (χ1n) is 8.84. The van der Waals surface area contributed by atoms with Crippen LogP contribution in [-0.2, 0) is 20.7 Å². The third-order valence-corrected chi connectivity index (χ3v) is 5.34. The van der Waals surface area contributed by atoms with Gasteiger partial charge in [0.15, 0.2) is 0 Å². The molecule has 6 heteroatoms. The van der Waals surface area contributed by atoms with E-state index in [1.807, 2.05) is 30.3 Å². The monoisotopic (exact) mass is 366 g/mol. The van der Waals surface area contributed by atoms with Crippen LogP contribution in [0, 0.1) is 11.8 Å². The van der Waals surface area contributed by atoms with Gasteiger partial charge in [-0.15, -0.1) is 12.4 Å². The average Bonchev–Trinajstić information content (AvgIpc) is 2.60. The highest BCUT2D eigenvalue weighted by Gasteiger charge is 2.41. The minimum absolute atomic E-state index is 0. The molecule has 2 aliphatic rings. The summed E-state index contributed by atoms with van der Waals surface area (Å²) in [6.07, 6.45) is 4.81. The Balaban J connectivity index is 0.00000225. The molecular weight excluding hydrogens is 340 g/mol. The number of rotatable bonds is 5. The van der Waals surface area contributed by atoms with Gasteiger partial charge in [0.2, 0.25) is 5.91 Å². The van der Waals surface area contributed by atoms with E-state index >= 15 is 0 Å². The molecule has 25 heavy (non-hydrogen) atoms. The van der Waals surface area contributed by atoms with E-state index in [0.717, 1.165) is 31.4 Å². The van der Waals surface area contributed by atoms with Gasteiger partial charge >= 0.3 is 5.97 Å². The van der Waals surface area contributed by atoms with Crippen LogP contribution in [0.1, 0.15) is 31.2 Å². The molecular formula is C19H27ClN2O3. The summed E-state index contributed by atoms with van der Waals surface area (Å²) in [5.74, 6) is -0.000172. The molecule has 1 aromatic rings. The Morgan fingerprint density at radius 1 is 1.24 bits per heavy atom. The minimum atomic E-state index is -0.632. The minimum Gasteiger partial charge on any atom is -0.467 e. The molecule has 1 saturated heterocycles. The van der Waals surface area contributed by atoms with Crippen molar-refractivity contribution in [3.05, 3.63) is 35.9 Å². The number of amides is 1. The number of methoxy groups -OCH3 is 1. The lowest BCUT2D eigenvalue weighted by molar-refractivity contribution is -0.146. The lowest BCUT2D eigenvalue weighted by Crippen LogP contribution is -2.57. The normalized spacial score (nSPS) is 26.0. The third-order valence-electron chi connectivity index (χ3n) is 5.34. The van der Waals surface area contributed by atoms with E-state index < -0.39 is 6.04 Å². The summed E-state index contributed by atoms with van der Waals surface area (Å²) in [5.41, 5.74) is 1.01. The smallest absolute Gasteiger partial charge is 0.328 e. The first kappa shape index (κ1) is 19.7. The second kappa shape index (κ2) is 9.20. The van der Waals surface area contributed by atoms with Gasteiger partial charge in [0, 0.05) is 12.5 Å². The van der Waals surface area contributed by atoms with Crippen molar-refractivity contribution in [2.45, 2.75) is 44.2 Å².